The van der Waals surface area contributed by atoms with Crippen LogP contribution in [-0.4, -0.2) is 34.9 Å². The van der Waals surface area contributed by atoms with E-state index in [1.807, 2.05) is 6.92 Å². The fraction of sp³-hybridized carbons (Fsp3) is 0.769. The minimum absolute atomic E-state index is 0.0571. The summed E-state index contributed by atoms with van der Waals surface area (Å²) in [5.41, 5.74) is 0. The SMILES string of the molecule is C=CC(=O)OC(C)CCCC[Si](CC)(OC)OC. The highest BCUT2D eigenvalue weighted by molar-refractivity contribution is 6.67. The van der Waals surface area contributed by atoms with Crippen molar-refractivity contribution < 1.29 is 18.4 Å². The molecular weight excluding hydrogens is 248 g/mol. The molecule has 0 heterocycles. The van der Waals surface area contributed by atoms with Crippen molar-refractivity contribution in [3.8, 4) is 0 Å². The standard InChI is InChI=1S/C13H26O4Si/c1-6-13(14)17-12(3)10-8-9-11-18(7-2,15-4)16-5/h6,12H,1,7-11H2,2-5H3. The molecule has 5 heteroatoms. The summed E-state index contributed by atoms with van der Waals surface area (Å²) in [6.45, 7) is 7.38. The van der Waals surface area contributed by atoms with Crippen molar-refractivity contribution in [2.75, 3.05) is 14.2 Å². The zero-order valence-corrected chi connectivity index (χ0v) is 13.0. The Morgan fingerprint density at radius 2 is 1.94 bits per heavy atom. The molecule has 0 bridgehead atoms. The van der Waals surface area contributed by atoms with Crippen LogP contribution in [-0.2, 0) is 18.4 Å². The van der Waals surface area contributed by atoms with Gasteiger partial charge in [0.1, 0.15) is 0 Å². The van der Waals surface area contributed by atoms with Gasteiger partial charge in [0, 0.05) is 20.3 Å². The molecule has 0 aliphatic rings. The van der Waals surface area contributed by atoms with Gasteiger partial charge in [-0.1, -0.05) is 19.9 Å². The van der Waals surface area contributed by atoms with Crippen molar-refractivity contribution in [2.24, 2.45) is 0 Å². The largest absolute Gasteiger partial charge is 0.460 e. The molecule has 1 atom stereocenters. The smallest absolute Gasteiger partial charge is 0.337 e. The molecular formula is C13H26O4Si. The van der Waals surface area contributed by atoms with Gasteiger partial charge < -0.3 is 13.6 Å². The van der Waals surface area contributed by atoms with E-state index < -0.39 is 8.56 Å². The lowest BCUT2D eigenvalue weighted by Crippen LogP contribution is -2.38. The summed E-state index contributed by atoms with van der Waals surface area (Å²) in [4.78, 5) is 11.0. The maximum absolute atomic E-state index is 11.0. The van der Waals surface area contributed by atoms with Crippen LogP contribution in [0.15, 0.2) is 12.7 Å². The van der Waals surface area contributed by atoms with Gasteiger partial charge in [0.15, 0.2) is 0 Å². The van der Waals surface area contributed by atoms with Crippen LogP contribution < -0.4 is 0 Å². The number of rotatable bonds is 10. The van der Waals surface area contributed by atoms with Crippen LogP contribution in [0.3, 0.4) is 0 Å². The van der Waals surface area contributed by atoms with E-state index in [-0.39, 0.29) is 12.1 Å². The second-order valence-electron chi connectivity index (χ2n) is 4.37. The van der Waals surface area contributed by atoms with Crippen LogP contribution in [0.4, 0.5) is 0 Å². The second-order valence-corrected chi connectivity index (χ2v) is 8.21. The Hall–Kier alpha value is -0.653. The number of unbranched alkanes of at least 4 members (excludes halogenated alkanes) is 1. The number of hydrogen-bond acceptors (Lipinski definition) is 4. The van der Waals surface area contributed by atoms with Gasteiger partial charge in [-0.15, -0.1) is 0 Å². The predicted octanol–water partition coefficient (Wildman–Crippen LogP) is 3.03. The second kappa shape index (κ2) is 9.30. The van der Waals surface area contributed by atoms with E-state index in [9.17, 15) is 4.79 Å². The Labute approximate surface area is 112 Å². The van der Waals surface area contributed by atoms with Gasteiger partial charge >= 0.3 is 14.5 Å². The first-order valence-corrected chi connectivity index (χ1v) is 8.70. The van der Waals surface area contributed by atoms with E-state index in [0.717, 1.165) is 31.4 Å². The summed E-state index contributed by atoms with van der Waals surface area (Å²) in [6, 6.07) is 1.94. The van der Waals surface area contributed by atoms with Crippen molar-refractivity contribution in [1.29, 1.82) is 0 Å². The minimum atomic E-state index is -1.95. The molecule has 0 amide bonds. The number of hydrogen-bond donors (Lipinski definition) is 0. The maximum Gasteiger partial charge on any atom is 0.337 e. The highest BCUT2D eigenvalue weighted by Gasteiger charge is 2.32. The highest BCUT2D eigenvalue weighted by Crippen LogP contribution is 2.21. The molecule has 18 heavy (non-hydrogen) atoms. The first-order chi connectivity index (χ1) is 8.53. The van der Waals surface area contributed by atoms with E-state index in [2.05, 4.69) is 13.5 Å². The molecule has 0 radical (unpaired) electrons. The summed E-state index contributed by atoms with van der Waals surface area (Å²) in [6.07, 6.45) is 4.05. The van der Waals surface area contributed by atoms with Gasteiger partial charge in [-0.2, -0.15) is 0 Å². The molecule has 0 N–H and O–H groups in total. The normalized spacial score (nSPS) is 13.1. The molecule has 0 aromatic carbocycles. The van der Waals surface area contributed by atoms with E-state index in [4.69, 9.17) is 13.6 Å². The third-order valence-electron chi connectivity index (χ3n) is 3.19. The highest BCUT2D eigenvalue weighted by atomic mass is 28.4. The Kier molecular flexibility index (Phi) is 8.96. The van der Waals surface area contributed by atoms with Gasteiger partial charge in [-0.25, -0.2) is 4.79 Å². The third kappa shape index (κ3) is 6.33. The lowest BCUT2D eigenvalue weighted by molar-refractivity contribution is -0.142. The first-order valence-electron chi connectivity index (χ1n) is 6.47. The molecule has 106 valence electrons. The predicted molar refractivity (Wildman–Crippen MR) is 74.7 cm³/mol. The lowest BCUT2D eigenvalue weighted by Gasteiger charge is -2.26. The van der Waals surface area contributed by atoms with Gasteiger partial charge in [-0.05, 0) is 31.9 Å². The molecule has 0 fully saturated rings. The molecule has 1 unspecified atom stereocenters. The summed E-state index contributed by atoms with van der Waals surface area (Å²) in [5, 5.41) is 0. The van der Waals surface area contributed by atoms with E-state index in [0.29, 0.717) is 0 Å². The topological polar surface area (TPSA) is 44.8 Å². The van der Waals surface area contributed by atoms with Crippen LogP contribution in [0.25, 0.3) is 0 Å². The molecule has 0 aliphatic heterocycles. The first kappa shape index (κ1) is 17.3. The number of carbonyl (C=O) groups excluding carboxylic acids is 1. The van der Waals surface area contributed by atoms with Gasteiger partial charge in [0.05, 0.1) is 6.10 Å². The minimum Gasteiger partial charge on any atom is -0.460 e. The Morgan fingerprint density at radius 1 is 1.33 bits per heavy atom. The van der Waals surface area contributed by atoms with E-state index >= 15 is 0 Å². The van der Waals surface area contributed by atoms with Crippen molar-refractivity contribution in [3.63, 3.8) is 0 Å². The summed E-state index contributed by atoms with van der Waals surface area (Å²) in [5.74, 6) is -0.353. The number of carbonyl (C=O) groups is 1. The Bertz CT molecular complexity index is 243. The van der Waals surface area contributed by atoms with Crippen LogP contribution in [0, 0.1) is 0 Å². The van der Waals surface area contributed by atoms with Crippen LogP contribution in [0.2, 0.25) is 12.1 Å². The third-order valence-corrected chi connectivity index (χ3v) is 6.87. The molecule has 0 saturated carbocycles. The zero-order valence-electron chi connectivity index (χ0n) is 12.0. The van der Waals surface area contributed by atoms with Crippen molar-refractivity contribution >= 4 is 14.5 Å². The molecule has 0 aliphatic carbocycles. The summed E-state index contributed by atoms with van der Waals surface area (Å²) in [7, 11) is 1.51. The van der Waals surface area contributed by atoms with E-state index in [1.165, 1.54) is 6.08 Å². The Morgan fingerprint density at radius 3 is 2.39 bits per heavy atom. The molecule has 0 aromatic rings. The molecule has 0 rings (SSSR count). The van der Waals surface area contributed by atoms with Crippen LogP contribution in [0.5, 0.6) is 0 Å². The summed E-state index contributed by atoms with van der Waals surface area (Å²) < 4.78 is 16.2. The van der Waals surface area contributed by atoms with Gasteiger partial charge in [-0.3, -0.25) is 0 Å². The zero-order chi connectivity index (χ0) is 14.0. The maximum atomic E-state index is 11.0. The molecule has 0 spiro atoms. The monoisotopic (exact) mass is 274 g/mol. The average Bonchev–Trinajstić information content (AvgIpc) is 2.39. The van der Waals surface area contributed by atoms with E-state index in [1.54, 1.807) is 14.2 Å². The summed E-state index contributed by atoms with van der Waals surface area (Å²) >= 11 is 0. The molecule has 0 saturated heterocycles. The fourth-order valence-corrected chi connectivity index (χ4v) is 4.18. The lowest BCUT2D eigenvalue weighted by atomic mass is 10.2. The number of ether oxygens (including phenoxy) is 1. The average molecular weight is 274 g/mol. The molecule has 4 nitrogen and oxygen atoms in total. The number of esters is 1. The van der Waals surface area contributed by atoms with Crippen molar-refractivity contribution in [3.05, 3.63) is 12.7 Å². The Balaban J connectivity index is 3.84. The van der Waals surface area contributed by atoms with Gasteiger partial charge in [0.2, 0.25) is 0 Å². The van der Waals surface area contributed by atoms with Crippen molar-refractivity contribution in [2.45, 2.75) is 51.3 Å². The van der Waals surface area contributed by atoms with Crippen LogP contribution in [0.1, 0.15) is 33.1 Å². The fourth-order valence-electron chi connectivity index (χ4n) is 1.88. The quantitative estimate of drug-likeness (QED) is 0.266. The van der Waals surface area contributed by atoms with Gasteiger partial charge in [0.25, 0.3) is 0 Å². The molecule has 0 aromatic heterocycles. The van der Waals surface area contributed by atoms with Crippen LogP contribution >= 0.6 is 0 Å². The van der Waals surface area contributed by atoms with Crippen molar-refractivity contribution in [1.82, 2.24) is 0 Å².